The first-order valence-corrected chi connectivity index (χ1v) is 7.61. The minimum Gasteiger partial charge on any atom is -0.310 e. The van der Waals surface area contributed by atoms with Gasteiger partial charge < -0.3 is 5.32 Å². The predicted molar refractivity (Wildman–Crippen MR) is 85.0 cm³/mol. The first kappa shape index (κ1) is 15.4. The molecule has 4 rings (SSSR count). The molecule has 1 N–H and O–H groups in total. The summed E-state index contributed by atoms with van der Waals surface area (Å²) < 4.78 is 42.8. The Morgan fingerprint density at radius 2 is 1.92 bits per heavy atom. The maximum atomic E-state index is 14.2. The Balaban J connectivity index is 1.86. The van der Waals surface area contributed by atoms with Crippen LogP contribution in [0.4, 0.5) is 19.0 Å². The Morgan fingerprint density at radius 1 is 1.12 bits per heavy atom. The van der Waals surface area contributed by atoms with E-state index in [0.717, 1.165) is 6.07 Å². The molecular formula is C18H12F3N3O. The number of benzene rings is 2. The van der Waals surface area contributed by atoms with Gasteiger partial charge in [0.2, 0.25) is 5.91 Å². The molecule has 1 atom stereocenters. The van der Waals surface area contributed by atoms with Crippen LogP contribution in [0.1, 0.15) is 23.6 Å². The molecular weight excluding hydrogens is 331 g/mol. The molecule has 126 valence electrons. The van der Waals surface area contributed by atoms with Gasteiger partial charge in [-0.25, -0.2) is 18.2 Å². The van der Waals surface area contributed by atoms with Gasteiger partial charge in [0.1, 0.15) is 18.0 Å². The van der Waals surface area contributed by atoms with Crippen LogP contribution in [0.2, 0.25) is 0 Å². The van der Waals surface area contributed by atoms with Crippen molar-refractivity contribution in [3.05, 3.63) is 77.5 Å². The number of anilines is 1. The van der Waals surface area contributed by atoms with E-state index in [0.29, 0.717) is 17.2 Å². The summed E-state index contributed by atoms with van der Waals surface area (Å²) in [6.07, 6.45) is 1.38. The van der Waals surface area contributed by atoms with Crippen molar-refractivity contribution < 1.29 is 18.0 Å². The van der Waals surface area contributed by atoms with Gasteiger partial charge in [0.15, 0.2) is 11.6 Å². The van der Waals surface area contributed by atoms with Crippen LogP contribution in [0, 0.1) is 17.5 Å². The second kappa shape index (κ2) is 5.77. The zero-order chi connectivity index (χ0) is 17.6. The average molecular weight is 343 g/mol. The number of carbonyl (C=O) groups excluding carboxylic acids is 1. The van der Waals surface area contributed by atoms with Gasteiger partial charge in [0.05, 0.1) is 11.4 Å². The highest BCUT2D eigenvalue weighted by molar-refractivity contribution is 5.94. The second-order valence-corrected chi connectivity index (χ2v) is 5.78. The lowest BCUT2D eigenvalue weighted by Crippen LogP contribution is -2.25. The third-order valence-electron chi connectivity index (χ3n) is 4.22. The number of fused-ring (bicyclic) bond motifs is 1. The summed E-state index contributed by atoms with van der Waals surface area (Å²) in [7, 11) is 0. The normalized spacial score (nSPS) is 16.4. The average Bonchev–Trinajstić information content (AvgIpc) is 3.00. The number of carbonyl (C=O) groups is 1. The fraction of sp³-hybridized carbons (Fsp3) is 0.111. The molecule has 2 heterocycles. The number of amides is 1. The molecule has 0 saturated carbocycles. The molecule has 1 aliphatic heterocycles. The van der Waals surface area contributed by atoms with Crippen molar-refractivity contribution >= 4 is 11.7 Å². The number of hydrogen-bond acceptors (Lipinski definition) is 2. The van der Waals surface area contributed by atoms with Crippen LogP contribution in [0.15, 0.2) is 48.8 Å². The lowest BCUT2D eigenvalue weighted by Gasteiger charge is -2.23. The number of rotatable bonds is 2. The molecule has 0 bridgehead atoms. The zero-order valence-corrected chi connectivity index (χ0v) is 12.8. The van der Waals surface area contributed by atoms with Crippen LogP contribution in [0.25, 0.3) is 5.69 Å². The molecule has 0 fully saturated rings. The van der Waals surface area contributed by atoms with E-state index in [4.69, 9.17) is 0 Å². The van der Waals surface area contributed by atoms with Crippen molar-refractivity contribution in [1.29, 1.82) is 0 Å². The molecule has 0 unspecified atom stereocenters. The first-order chi connectivity index (χ1) is 12.0. The fourth-order valence-corrected chi connectivity index (χ4v) is 3.08. The van der Waals surface area contributed by atoms with Gasteiger partial charge in [0, 0.05) is 17.9 Å². The number of nitrogens with zero attached hydrogens (tertiary/aromatic N) is 2. The highest BCUT2D eigenvalue weighted by Crippen LogP contribution is 2.38. The van der Waals surface area contributed by atoms with Gasteiger partial charge in [-0.15, -0.1) is 0 Å². The van der Waals surface area contributed by atoms with E-state index in [2.05, 4.69) is 10.3 Å². The van der Waals surface area contributed by atoms with Crippen molar-refractivity contribution in [3.8, 4) is 5.69 Å². The molecule has 7 heteroatoms. The standard InChI is InChI=1S/C18H12F3N3O/c19-10-3-1-4-11(7-10)24-9-22-17-13(8-15(25)23-18(17)24)12-5-2-6-14(20)16(12)21/h1-7,9,13H,8H2,(H,23,25)/t13-/m1/s1. The minimum absolute atomic E-state index is 0.0481. The molecule has 0 spiro atoms. The summed E-state index contributed by atoms with van der Waals surface area (Å²) in [5, 5.41) is 2.68. The molecule has 1 aromatic heterocycles. The number of halogens is 3. The Bertz CT molecular complexity index is 983. The molecule has 2 aromatic carbocycles. The maximum absolute atomic E-state index is 14.2. The maximum Gasteiger partial charge on any atom is 0.226 e. The smallest absolute Gasteiger partial charge is 0.226 e. The van der Waals surface area contributed by atoms with E-state index in [1.165, 1.54) is 41.2 Å². The highest BCUT2D eigenvalue weighted by Gasteiger charge is 2.33. The van der Waals surface area contributed by atoms with Crippen LogP contribution in [-0.4, -0.2) is 15.5 Å². The number of nitrogens with one attached hydrogen (secondary N) is 1. The number of hydrogen-bond donors (Lipinski definition) is 1. The fourth-order valence-electron chi connectivity index (χ4n) is 3.08. The summed E-state index contributed by atoms with van der Waals surface area (Å²) >= 11 is 0. The third kappa shape index (κ3) is 2.57. The lowest BCUT2D eigenvalue weighted by molar-refractivity contribution is -0.116. The Kier molecular flexibility index (Phi) is 3.56. The molecule has 3 aromatic rings. The first-order valence-electron chi connectivity index (χ1n) is 7.61. The third-order valence-corrected chi connectivity index (χ3v) is 4.22. The predicted octanol–water partition coefficient (Wildman–Crippen LogP) is 3.76. The molecule has 4 nitrogen and oxygen atoms in total. The summed E-state index contributed by atoms with van der Waals surface area (Å²) in [6, 6.07) is 9.63. The van der Waals surface area contributed by atoms with Gasteiger partial charge in [-0.05, 0) is 24.3 Å². The summed E-state index contributed by atoms with van der Waals surface area (Å²) in [5.41, 5.74) is 0.948. The van der Waals surface area contributed by atoms with Crippen molar-refractivity contribution in [3.63, 3.8) is 0 Å². The van der Waals surface area contributed by atoms with E-state index in [-0.39, 0.29) is 17.9 Å². The van der Waals surface area contributed by atoms with Crippen LogP contribution in [0.5, 0.6) is 0 Å². The Hall–Kier alpha value is -3.09. The summed E-state index contributed by atoms with van der Waals surface area (Å²) in [4.78, 5) is 16.4. The lowest BCUT2D eigenvalue weighted by atomic mass is 9.89. The molecule has 0 saturated heterocycles. The van der Waals surface area contributed by atoms with Crippen molar-refractivity contribution in [2.75, 3.05) is 5.32 Å². The van der Waals surface area contributed by atoms with Crippen molar-refractivity contribution in [1.82, 2.24) is 9.55 Å². The molecule has 0 radical (unpaired) electrons. The monoisotopic (exact) mass is 343 g/mol. The highest BCUT2D eigenvalue weighted by atomic mass is 19.2. The Morgan fingerprint density at radius 3 is 2.72 bits per heavy atom. The molecule has 1 aliphatic rings. The van der Waals surface area contributed by atoms with Crippen molar-refractivity contribution in [2.45, 2.75) is 12.3 Å². The van der Waals surface area contributed by atoms with E-state index >= 15 is 0 Å². The van der Waals surface area contributed by atoms with Gasteiger partial charge >= 0.3 is 0 Å². The van der Waals surface area contributed by atoms with E-state index in [1.54, 1.807) is 6.07 Å². The minimum atomic E-state index is -0.992. The Labute approximate surface area is 140 Å². The quantitative estimate of drug-likeness (QED) is 0.770. The summed E-state index contributed by atoms with van der Waals surface area (Å²) in [6.45, 7) is 0. The summed E-state index contributed by atoms with van der Waals surface area (Å²) in [5.74, 6) is -3.14. The van der Waals surface area contributed by atoms with Gasteiger partial charge in [-0.3, -0.25) is 9.36 Å². The van der Waals surface area contributed by atoms with Crippen LogP contribution < -0.4 is 5.32 Å². The topological polar surface area (TPSA) is 46.9 Å². The largest absolute Gasteiger partial charge is 0.310 e. The van der Waals surface area contributed by atoms with Gasteiger partial charge in [-0.1, -0.05) is 18.2 Å². The molecule has 0 aliphatic carbocycles. The SMILES string of the molecule is O=C1C[C@H](c2cccc(F)c2F)c2ncn(-c3cccc(F)c3)c2N1. The van der Waals surface area contributed by atoms with E-state index in [9.17, 15) is 18.0 Å². The van der Waals surface area contributed by atoms with Crippen LogP contribution in [-0.2, 0) is 4.79 Å². The van der Waals surface area contributed by atoms with Crippen molar-refractivity contribution in [2.24, 2.45) is 0 Å². The number of aromatic nitrogens is 2. The van der Waals surface area contributed by atoms with Gasteiger partial charge in [-0.2, -0.15) is 0 Å². The van der Waals surface area contributed by atoms with Crippen LogP contribution >= 0.6 is 0 Å². The second-order valence-electron chi connectivity index (χ2n) is 5.78. The molecule has 1 amide bonds. The zero-order valence-electron chi connectivity index (χ0n) is 12.8. The van der Waals surface area contributed by atoms with Gasteiger partial charge in [0.25, 0.3) is 0 Å². The van der Waals surface area contributed by atoms with E-state index < -0.39 is 23.4 Å². The molecule has 25 heavy (non-hydrogen) atoms. The number of imidazole rings is 1. The van der Waals surface area contributed by atoms with E-state index in [1.807, 2.05) is 0 Å². The van der Waals surface area contributed by atoms with Crippen LogP contribution in [0.3, 0.4) is 0 Å².